The predicted molar refractivity (Wildman–Crippen MR) is 82.9 cm³/mol. The maximum absolute atomic E-state index is 12.2. The van der Waals surface area contributed by atoms with E-state index in [0.717, 1.165) is 5.56 Å². The van der Waals surface area contributed by atoms with E-state index < -0.39 is 15.4 Å². The molecular formula is C14H18ClN3O2S. The summed E-state index contributed by atoms with van der Waals surface area (Å²) in [5, 5.41) is -0.394. The molecule has 7 heteroatoms. The zero-order valence-corrected chi connectivity index (χ0v) is 13.5. The molecule has 1 atom stereocenters. The molecular weight excluding hydrogens is 310 g/mol. The van der Waals surface area contributed by atoms with Gasteiger partial charge in [0.15, 0.2) is 5.03 Å². The lowest BCUT2D eigenvalue weighted by molar-refractivity contribution is 0.577. The quantitative estimate of drug-likeness (QED) is 0.829. The van der Waals surface area contributed by atoms with E-state index in [1.807, 2.05) is 37.3 Å². The average Bonchev–Trinajstić information content (AvgIpc) is 2.88. The van der Waals surface area contributed by atoms with E-state index in [2.05, 4.69) is 9.71 Å². The minimum absolute atomic E-state index is 0.0266. The summed E-state index contributed by atoms with van der Waals surface area (Å²) >= 11 is 6.21. The van der Waals surface area contributed by atoms with Gasteiger partial charge in [0.2, 0.25) is 0 Å². The molecule has 0 aliphatic heterocycles. The maximum Gasteiger partial charge on any atom is 0.259 e. The highest BCUT2D eigenvalue weighted by Gasteiger charge is 2.20. The molecule has 0 amide bonds. The smallest absolute Gasteiger partial charge is 0.259 e. The lowest BCUT2D eigenvalue weighted by atomic mass is 10.1. The molecule has 0 radical (unpaired) electrons. The van der Waals surface area contributed by atoms with Gasteiger partial charge >= 0.3 is 0 Å². The number of hydrogen-bond donors (Lipinski definition) is 1. The second-order valence-corrected chi connectivity index (χ2v) is 6.88. The van der Waals surface area contributed by atoms with Crippen molar-refractivity contribution in [3.63, 3.8) is 0 Å². The zero-order valence-electron chi connectivity index (χ0n) is 12.0. The summed E-state index contributed by atoms with van der Waals surface area (Å²) in [7, 11) is -3.64. The SMILES string of the molecule is CCn1cc(S(=O)(=O)NCC(Cl)c2ccccc2)nc1C. The van der Waals surface area contributed by atoms with E-state index in [1.165, 1.54) is 6.20 Å². The monoisotopic (exact) mass is 327 g/mol. The molecule has 1 aromatic carbocycles. The van der Waals surface area contributed by atoms with Crippen molar-refractivity contribution in [2.75, 3.05) is 6.54 Å². The first kappa shape index (κ1) is 16.0. The number of hydrogen-bond acceptors (Lipinski definition) is 3. The fourth-order valence-corrected chi connectivity index (χ4v) is 3.33. The van der Waals surface area contributed by atoms with Crippen LogP contribution in [0, 0.1) is 6.92 Å². The summed E-state index contributed by atoms with van der Waals surface area (Å²) in [4.78, 5) is 4.07. The second-order valence-electron chi connectivity index (χ2n) is 4.64. The average molecular weight is 328 g/mol. The second kappa shape index (κ2) is 6.60. The molecule has 0 aliphatic carbocycles. The van der Waals surface area contributed by atoms with Gasteiger partial charge in [0, 0.05) is 19.3 Å². The molecule has 1 unspecified atom stereocenters. The van der Waals surface area contributed by atoms with Crippen LogP contribution in [0.25, 0.3) is 0 Å². The first-order valence-corrected chi connectivity index (χ1v) is 8.58. The normalized spacial score (nSPS) is 13.3. The van der Waals surface area contributed by atoms with Crippen LogP contribution in [0.3, 0.4) is 0 Å². The minimum Gasteiger partial charge on any atom is -0.334 e. The molecule has 21 heavy (non-hydrogen) atoms. The number of alkyl halides is 1. The molecule has 114 valence electrons. The van der Waals surface area contributed by atoms with E-state index in [4.69, 9.17) is 11.6 Å². The number of aromatic nitrogens is 2. The standard InChI is InChI=1S/C14H18ClN3O2S/c1-3-18-10-14(17-11(18)2)21(19,20)16-9-13(15)12-7-5-4-6-8-12/h4-8,10,13,16H,3,9H2,1-2H3. The van der Waals surface area contributed by atoms with Gasteiger partial charge in [-0.25, -0.2) is 18.1 Å². The van der Waals surface area contributed by atoms with E-state index in [0.29, 0.717) is 12.4 Å². The molecule has 0 aliphatic rings. The van der Waals surface area contributed by atoms with Crippen molar-refractivity contribution >= 4 is 21.6 Å². The van der Waals surface area contributed by atoms with Gasteiger partial charge in [-0.15, -0.1) is 11.6 Å². The topological polar surface area (TPSA) is 64.0 Å². The number of nitrogens with zero attached hydrogens (tertiary/aromatic N) is 2. The van der Waals surface area contributed by atoms with Crippen LogP contribution >= 0.6 is 11.6 Å². The van der Waals surface area contributed by atoms with Crippen LogP contribution in [0.15, 0.2) is 41.6 Å². The Morgan fingerprint density at radius 1 is 1.33 bits per heavy atom. The van der Waals surface area contributed by atoms with Crippen LogP contribution in [0.5, 0.6) is 0 Å². The van der Waals surface area contributed by atoms with Crippen molar-refractivity contribution < 1.29 is 8.42 Å². The van der Waals surface area contributed by atoms with Crippen molar-refractivity contribution in [1.29, 1.82) is 0 Å². The Hall–Kier alpha value is -1.37. The highest BCUT2D eigenvalue weighted by molar-refractivity contribution is 7.89. The van der Waals surface area contributed by atoms with Gasteiger partial charge in [-0.2, -0.15) is 0 Å². The summed E-state index contributed by atoms with van der Waals surface area (Å²) in [6.07, 6.45) is 1.53. The van der Waals surface area contributed by atoms with Crippen molar-refractivity contribution in [2.45, 2.75) is 30.8 Å². The third kappa shape index (κ3) is 3.84. The van der Waals surface area contributed by atoms with Gasteiger partial charge in [0.1, 0.15) is 5.82 Å². The van der Waals surface area contributed by atoms with E-state index >= 15 is 0 Å². The van der Waals surface area contributed by atoms with E-state index in [9.17, 15) is 8.42 Å². The molecule has 0 fully saturated rings. The Morgan fingerprint density at radius 2 is 2.00 bits per heavy atom. The summed E-state index contributed by atoms with van der Waals surface area (Å²) in [5.41, 5.74) is 0.872. The number of benzene rings is 1. The predicted octanol–water partition coefficient (Wildman–Crippen LogP) is 2.47. The van der Waals surface area contributed by atoms with Crippen LogP contribution < -0.4 is 4.72 Å². The van der Waals surface area contributed by atoms with Gasteiger partial charge in [-0.3, -0.25) is 0 Å². The molecule has 0 spiro atoms. The van der Waals surface area contributed by atoms with Gasteiger partial charge in [-0.1, -0.05) is 30.3 Å². The van der Waals surface area contributed by atoms with Gasteiger partial charge < -0.3 is 4.57 Å². The highest BCUT2D eigenvalue weighted by atomic mass is 35.5. The maximum atomic E-state index is 12.2. The Labute approximate surface area is 130 Å². The van der Waals surface area contributed by atoms with Crippen LogP contribution in [0.4, 0.5) is 0 Å². The lowest BCUT2D eigenvalue weighted by Gasteiger charge is -2.10. The van der Waals surface area contributed by atoms with Crippen molar-refractivity contribution in [1.82, 2.24) is 14.3 Å². The first-order valence-electron chi connectivity index (χ1n) is 6.66. The molecule has 2 aromatic rings. The Morgan fingerprint density at radius 3 is 2.57 bits per heavy atom. The molecule has 1 heterocycles. The number of rotatable bonds is 6. The summed E-state index contributed by atoms with van der Waals surface area (Å²) in [5.74, 6) is 0.670. The van der Waals surface area contributed by atoms with E-state index in [1.54, 1.807) is 11.5 Å². The minimum atomic E-state index is -3.64. The van der Waals surface area contributed by atoms with Crippen molar-refractivity contribution in [3.8, 4) is 0 Å². The number of nitrogens with one attached hydrogen (secondary N) is 1. The van der Waals surface area contributed by atoms with E-state index in [-0.39, 0.29) is 11.6 Å². The molecule has 2 rings (SSSR count). The van der Waals surface area contributed by atoms with Crippen molar-refractivity contribution in [2.24, 2.45) is 0 Å². The number of sulfonamides is 1. The van der Waals surface area contributed by atoms with Crippen LogP contribution in [-0.4, -0.2) is 24.5 Å². The van der Waals surface area contributed by atoms with Crippen LogP contribution in [-0.2, 0) is 16.6 Å². The fourth-order valence-electron chi connectivity index (χ4n) is 1.97. The Kier molecular flexibility index (Phi) is 5.03. The highest BCUT2D eigenvalue weighted by Crippen LogP contribution is 2.19. The largest absolute Gasteiger partial charge is 0.334 e. The van der Waals surface area contributed by atoms with Gasteiger partial charge in [0.25, 0.3) is 10.0 Å². The Balaban J connectivity index is 2.07. The molecule has 0 bridgehead atoms. The summed E-state index contributed by atoms with van der Waals surface area (Å²) in [6.45, 7) is 4.50. The molecule has 1 N–H and O–H groups in total. The van der Waals surface area contributed by atoms with Gasteiger partial charge in [0.05, 0.1) is 5.38 Å². The lowest BCUT2D eigenvalue weighted by Crippen LogP contribution is -2.27. The number of halogens is 1. The number of aryl methyl sites for hydroxylation is 2. The molecule has 0 saturated heterocycles. The van der Waals surface area contributed by atoms with Crippen molar-refractivity contribution in [3.05, 3.63) is 47.9 Å². The van der Waals surface area contributed by atoms with Gasteiger partial charge in [-0.05, 0) is 19.4 Å². The van der Waals surface area contributed by atoms with Crippen LogP contribution in [0.1, 0.15) is 23.7 Å². The third-order valence-corrected chi connectivity index (χ3v) is 4.88. The molecule has 0 saturated carbocycles. The fraction of sp³-hybridized carbons (Fsp3) is 0.357. The Bertz CT molecular complexity index is 698. The summed E-state index contributed by atoms with van der Waals surface area (Å²) < 4.78 is 28.7. The molecule has 1 aromatic heterocycles. The number of imidazole rings is 1. The van der Waals surface area contributed by atoms with Crippen LogP contribution in [0.2, 0.25) is 0 Å². The molecule has 5 nitrogen and oxygen atoms in total. The zero-order chi connectivity index (χ0) is 15.5. The summed E-state index contributed by atoms with van der Waals surface area (Å²) in [6, 6.07) is 9.35. The first-order chi connectivity index (χ1) is 9.94. The third-order valence-electron chi connectivity index (χ3n) is 3.18.